The molecule has 1 atom stereocenters. The molecule has 1 unspecified atom stereocenters. The minimum Gasteiger partial charge on any atom is -0.392 e. The Morgan fingerprint density at radius 3 is 3.14 bits per heavy atom. The van der Waals surface area contributed by atoms with Crippen LogP contribution in [0.2, 0.25) is 0 Å². The topological polar surface area (TPSA) is 41.8 Å². The molecule has 0 bridgehead atoms. The van der Waals surface area contributed by atoms with E-state index in [1.165, 1.54) is 0 Å². The highest BCUT2D eigenvalue weighted by atomic mass is 16.6. The van der Waals surface area contributed by atoms with Gasteiger partial charge >= 0.3 is 0 Å². The Kier molecular flexibility index (Phi) is 1.26. The van der Waals surface area contributed by atoms with Gasteiger partial charge in [-0.25, -0.2) is 0 Å². The molecular weight excluding hydrogens is 94.0 g/mol. The van der Waals surface area contributed by atoms with Crippen molar-refractivity contribution in [2.45, 2.75) is 12.5 Å². The summed E-state index contributed by atoms with van der Waals surface area (Å²) in [6.45, 7) is 0.0382. The fraction of sp³-hybridized carbons (Fsp3) is 0.750. The number of aliphatic hydroxyl groups is 1. The highest BCUT2D eigenvalue weighted by Crippen LogP contribution is 2.01. The summed E-state index contributed by atoms with van der Waals surface area (Å²) in [4.78, 5) is 4.57. The number of hydrogen-bond donors (Lipinski definition) is 1. The molecule has 0 amide bonds. The molecule has 1 aliphatic heterocycles. The van der Waals surface area contributed by atoms with Crippen LogP contribution in [0.3, 0.4) is 0 Å². The lowest BCUT2D eigenvalue weighted by Crippen LogP contribution is -2.09. The Balaban J connectivity index is 2.22. The van der Waals surface area contributed by atoms with Gasteiger partial charge in [-0.2, -0.15) is 0 Å². The van der Waals surface area contributed by atoms with Gasteiger partial charge in [0, 0.05) is 6.42 Å². The second kappa shape index (κ2) is 1.93. The molecule has 0 aliphatic carbocycles. The number of hydrogen-bond acceptors (Lipinski definition) is 3. The molecule has 1 heterocycles. The zero-order valence-electron chi connectivity index (χ0n) is 3.79. The molecule has 39 valence electrons. The molecule has 7 heavy (non-hydrogen) atoms. The minimum atomic E-state index is -0.125. The van der Waals surface area contributed by atoms with Crippen molar-refractivity contribution < 1.29 is 9.94 Å². The Bertz CT molecular complexity index is 73.8. The Labute approximate surface area is 41.6 Å². The van der Waals surface area contributed by atoms with Crippen molar-refractivity contribution >= 4 is 6.21 Å². The van der Waals surface area contributed by atoms with Gasteiger partial charge in [0.25, 0.3) is 0 Å². The largest absolute Gasteiger partial charge is 0.392 e. The first-order valence-electron chi connectivity index (χ1n) is 2.13. The van der Waals surface area contributed by atoms with Crippen molar-refractivity contribution in [3.63, 3.8) is 0 Å². The summed E-state index contributed by atoms with van der Waals surface area (Å²) in [5.74, 6) is 0. The van der Waals surface area contributed by atoms with E-state index in [1.54, 1.807) is 0 Å². The van der Waals surface area contributed by atoms with Crippen LogP contribution in [-0.2, 0) is 4.84 Å². The van der Waals surface area contributed by atoms with Gasteiger partial charge in [0.05, 0.1) is 6.61 Å². The van der Waals surface area contributed by atoms with Crippen molar-refractivity contribution in [2.24, 2.45) is 5.16 Å². The summed E-state index contributed by atoms with van der Waals surface area (Å²) in [6.07, 6.45) is 3.06. The summed E-state index contributed by atoms with van der Waals surface area (Å²) in [7, 11) is 0. The van der Waals surface area contributed by atoms with Crippen LogP contribution in [0.1, 0.15) is 6.42 Å². The smallest absolute Gasteiger partial charge is 0.156 e. The van der Waals surface area contributed by atoms with E-state index in [1.807, 2.05) is 0 Å². The van der Waals surface area contributed by atoms with Gasteiger partial charge in [0.15, 0.2) is 6.10 Å². The van der Waals surface area contributed by atoms with E-state index in [-0.39, 0.29) is 12.7 Å². The predicted molar refractivity (Wildman–Crippen MR) is 24.0 cm³/mol. The molecule has 0 fully saturated rings. The van der Waals surface area contributed by atoms with Crippen LogP contribution in [0, 0.1) is 0 Å². The highest BCUT2D eigenvalue weighted by molar-refractivity contribution is 5.58. The lowest BCUT2D eigenvalue weighted by atomic mass is 10.3. The maximum Gasteiger partial charge on any atom is 0.156 e. The molecule has 0 aromatic heterocycles. The van der Waals surface area contributed by atoms with E-state index in [2.05, 4.69) is 16.2 Å². The van der Waals surface area contributed by atoms with E-state index in [0.29, 0.717) is 6.42 Å². The van der Waals surface area contributed by atoms with Gasteiger partial charge in [-0.1, -0.05) is 5.16 Å². The van der Waals surface area contributed by atoms with Crippen LogP contribution < -0.4 is 0 Å². The molecular formula is C4H6NO2. The van der Waals surface area contributed by atoms with Crippen LogP contribution in [0.4, 0.5) is 0 Å². The molecule has 1 rings (SSSR count). The number of rotatable bonds is 1. The predicted octanol–water partition coefficient (Wildman–Crippen LogP) is -0.370. The van der Waals surface area contributed by atoms with Gasteiger partial charge in [-0.3, -0.25) is 0 Å². The lowest BCUT2D eigenvalue weighted by Gasteiger charge is -1.98. The van der Waals surface area contributed by atoms with Crippen LogP contribution >= 0.6 is 0 Å². The molecule has 1 radical (unpaired) electrons. The van der Waals surface area contributed by atoms with Gasteiger partial charge in [0.1, 0.15) is 6.21 Å². The first kappa shape index (κ1) is 4.59. The Morgan fingerprint density at radius 2 is 2.86 bits per heavy atom. The molecule has 0 aromatic rings. The van der Waals surface area contributed by atoms with E-state index in [9.17, 15) is 0 Å². The average Bonchev–Trinajstić information content (AvgIpc) is 2.14. The molecule has 0 aromatic carbocycles. The summed E-state index contributed by atoms with van der Waals surface area (Å²) in [5.41, 5.74) is 0. The molecule has 3 nitrogen and oxygen atoms in total. The van der Waals surface area contributed by atoms with Crippen molar-refractivity contribution in [2.75, 3.05) is 6.61 Å². The minimum absolute atomic E-state index is 0.0382. The third-order valence-electron chi connectivity index (χ3n) is 0.789. The zero-order chi connectivity index (χ0) is 5.11. The van der Waals surface area contributed by atoms with Crippen molar-refractivity contribution in [3.05, 3.63) is 0 Å². The summed E-state index contributed by atoms with van der Waals surface area (Å²) >= 11 is 0. The van der Waals surface area contributed by atoms with Gasteiger partial charge < -0.3 is 9.94 Å². The summed E-state index contributed by atoms with van der Waals surface area (Å²) in [5, 5.41) is 11.7. The second-order valence-electron chi connectivity index (χ2n) is 1.36. The third-order valence-corrected chi connectivity index (χ3v) is 0.789. The van der Waals surface area contributed by atoms with Crippen molar-refractivity contribution in [1.82, 2.24) is 0 Å². The fourth-order valence-electron chi connectivity index (χ4n) is 0.386. The lowest BCUT2D eigenvalue weighted by molar-refractivity contribution is 0.0390. The summed E-state index contributed by atoms with van der Waals surface area (Å²) < 4.78 is 0. The SMILES string of the molecule is OCC1C[C]=NO1. The van der Waals surface area contributed by atoms with E-state index >= 15 is 0 Å². The molecule has 0 saturated carbocycles. The van der Waals surface area contributed by atoms with Crippen LogP contribution in [0.25, 0.3) is 0 Å². The van der Waals surface area contributed by atoms with Gasteiger partial charge in [-0.15, -0.1) is 0 Å². The zero-order valence-corrected chi connectivity index (χ0v) is 3.79. The van der Waals surface area contributed by atoms with Crippen molar-refractivity contribution in [3.8, 4) is 0 Å². The van der Waals surface area contributed by atoms with Crippen LogP contribution in [0.5, 0.6) is 0 Å². The number of aliphatic hydroxyl groups excluding tert-OH is 1. The summed E-state index contributed by atoms with van der Waals surface area (Å²) in [6, 6.07) is 0. The molecule has 1 N–H and O–H groups in total. The molecule has 0 saturated heterocycles. The quantitative estimate of drug-likeness (QED) is 0.488. The first-order valence-corrected chi connectivity index (χ1v) is 2.13. The molecule has 1 aliphatic rings. The second-order valence-corrected chi connectivity index (χ2v) is 1.36. The van der Waals surface area contributed by atoms with Gasteiger partial charge in [0.2, 0.25) is 0 Å². The van der Waals surface area contributed by atoms with E-state index in [4.69, 9.17) is 5.11 Å². The fourth-order valence-corrected chi connectivity index (χ4v) is 0.386. The Morgan fingerprint density at radius 1 is 2.00 bits per heavy atom. The monoisotopic (exact) mass is 100 g/mol. The normalized spacial score (nSPS) is 27.9. The average molecular weight is 100 g/mol. The maximum atomic E-state index is 8.34. The van der Waals surface area contributed by atoms with E-state index in [0.717, 1.165) is 0 Å². The standard InChI is InChI=1S/C4H6NO2/c6-3-4-1-2-5-7-4/h4,6H,1,3H2. The Hall–Kier alpha value is -0.570. The number of nitrogens with zero attached hydrogens (tertiary/aromatic N) is 1. The van der Waals surface area contributed by atoms with E-state index < -0.39 is 0 Å². The third kappa shape index (κ3) is 0.899. The van der Waals surface area contributed by atoms with Crippen molar-refractivity contribution in [1.29, 1.82) is 0 Å². The molecule has 3 heteroatoms. The molecule has 0 spiro atoms. The maximum absolute atomic E-state index is 8.34. The van der Waals surface area contributed by atoms with Crippen LogP contribution in [0.15, 0.2) is 5.16 Å². The van der Waals surface area contributed by atoms with Crippen LogP contribution in [-0.4, -0.2) is 24.0 Å². The highest BCUT2D eigenvalue weighted by Gasteiger charge is 2.10. The van der Waals surface area contributed by atoms with Gasteiger partial charge in [-0.05, 0) is 0 Å². The first-order chi connectivity index (χ1) is 3.43.